The van der Waals surface area contributed by atoms with Gasteiger partial charge < -0.3 is 5.32 Å². The smallest absolute Gasteiger partial charge is 0.00700 e. The quantitative estimate of drug-likeness (QED) is 0.729. The Morgan fingerprint density at radius 3 is 2.00 bits per heavy atom. The van der Waals surface area contributed by atoms with Crippen LogP contribution in [0.4, 0.5) is 0 Å². The van der Waals surface area contributed by atoms with Crippen LogP contribution < -0.4 is 5.32 Å². The maximum Gasteiger partial charge on any atom is 0.00700 e. The highest BCUT2D eigenvalue weighted by atomic mass is 14.9. The first kappa shape index (κ1) is 12.0. The van der Waals surface area contributed by atoms with Crippen molar-refractivity contribution in [2.24, 2.45) is 11.3 Å². The average Bonchev–Trinajstić information content (AvgIpc) is 2.08. The van der Waals surface area contributed by atoms with Crippen LogP contribution in [0.15, 0.2) is 0 Å². The number of rotatable bonds is 3. The fourth-order valence-corrected chi connectivity index (χ4v) is 2.13. The van der Waals surface area contributed by atoms with Crippen molar-refractivity contribution in [2.75, 3.05) is 0 Å². The van der Waals surface area contributed by atoms with Crippen LogP contribution in [-0.4, -0.2) is 12.1 Å². The average molecular weight is 197 g/mol. The van der Waals surface area contributed by atoms with Gasteiger partial charge in [-0.1, -0.05) is 27.7 Å². The molecule has 1 saturated carbocycles. The Kier molecular flexibility index (Phi) is 4.00. The van der Waals surface area contributed by atoms with Gasteiger partial charge in [-0.05, 0) is 43.9 Å². The second-order valence-electron chi connectivity index (χ2n) is 6.14. The van der Waals surface area contributed by atoms with Gasteiger partial charge in [0.15, 0.2) is 0 Å². The molecule has 1 nitrogen and oxygen atoms in total. The van der Waals surface area contributed by atoms with Crippen LogP contribution in [-0.2, 0) is 0 Å². The third-order valence-electron chi connectivity index (χ3n) is 3.84. The number of hydrogen-bond acceptors (Lipinski definition) is 1. The highest BCUT2D eigenvalue weighted by Gasteiger charge is 2.27. The molecule has 0 radical (unpaired) electrons. The predicted molar refractivity (Wildman–Crippen MR) is 63.5 cm³/mol. The Morgan fingerprint density at radius 2 is 1.57 bits per heavy atom. The molecule has 1 N–H and O–H groups in total. The van der Waals surface area contributed by atoms with Crippen molar-refractivity contribution in [3.63, 3.8) is 0 Å². The fourth-order valence-electron chi connectivity index (χ4n) is 2.13. The number of nitrogens with one attached hydrogen (secondary N) is 1. The maximum absolute atomic E-state index is 3.76. The Labute approximate surface area is 89.7 Å². The molecule has 0 aromatic rings. The summed E-state index contributed by atoms with van der Waals surface area (Å²) in [5, 5.41) is 3.76. The second-order valence-corrected chi connectivity index (χ2v) is 6.14. The molecule has 0 unspecified atom stereocenters. The van der Waals surface area contributed by atoms with Crippen LogP contribution in [0.2, 0.25) is 0 Å². The molecule has 0 spiro atoms. The largest absolute Gasteiger partial charge is 0.311 e. The molecular formula is C13H27N. The van der Waals surface area contributed by atoms with Crippen LogP contribution in [0.25, 0.3) is 0 Å². The van der Waals surface area contributed by atoms with Gasteiger partial charge in [-0.2, -0.15) is 0 Å². The highest BCUT2D eigenvalue weighted by Crippen LogP contribution is 2.35. The highest BCUT2D eigenvalue weighted by molar-refractivity contribution is 4.83. The van der Waals surface area contributed by atoms with Crippen LogP contribution >= 0.6 is 0 Å². The zero-order chi connectivity index (χ0) is 10.8. The van der Waals surface area contributed by atoms with Crippen molar-refractivity contribution in [1.29, 1.82) is 0 Å². The Morgan fingerprint density at radius 1 is 1.07 bits per heavy atom. The van der Waals surface area contributed by atoms with Crippen LogP contribution in [0.1, 0.15) is 60.3 Å². The molecular weight excluding hydrogens is 170 g/mol. The molecule has 0 heterocycles. The first-order valence-electron chi connectivity index (χ1n) is 6.17. The number of hydrogen-bond donors (Lipinski definition) is 1. The lowest BCUT2D eigenvalue weighted by atomic mass is 9.75. The van der Waals surface area contributed by atoms with Gasteiger partial charge in [0.1, 0.15) is 0 Å². The molecule has 0 aromatic carbocycles. The van der Waals surface area contributed by atoms with Gasteiger partial charge in [-0.15, -0.1) is 0 Å². The molecule has 1 rings (SSSR count). The summed E-state index contributed by atoms with van der Waals surface area (Å²) in [6.07, 6.45) is 5.50. The normalized spacial score (nSPS) is 25.3. The fraction of sp³-hybridized carbons (Fsp3) is 1.00. The third-order valence-corrected chi connectivity index (χ3v) is 3.84. The summed E-state index contributed by atoms with van der Waals surface area (Å²) in [4.78, 5) is 0. The van der Waals surface area contributed by atoms with Gasteiger partial charge in [-0.3, -0.25) is 0 Å². The first-order chi connectivity index (χ1) is 6.41. The van der Waals surface area contributed by atoms with Crippen molar-refractivity contribution in [3.05, 3.63) is 0 Å². The second kappa shape index (κ2) is 4.65. The van der Waals surface area contributed by atoms with E-state index in [1.807, 2.05) is 0 Å². The zero-order valence-electron chi connectivity index (χ0n) is 10.6. The van der Waals surface area contributed by atoms with E-state index in [-0.39, 0.29) is 0 Å². The molecule has 1 heteroatoms. The molecule has 14 heavy (non-hydrogen) atoms. The minimum Gasteiger partial charge on any atom is -0.311 e. The lowest BCUT2D eigenvalue weighted by molar-refractivity contribution is 0.193. The summed E-state index contributed by atoms with van der Waals surface area (Å²) >= 11 is 0. The Bertz CT molecular complexity index is 162. The van der Waals surface area contributed by atoms with Crippen molar-refractivity contribution in [3.8, 4) is 0 Å². The van der Waals surface area contributed by atoms with Crippen LogP contribution in [0, 0.1) is 11.3 Å². The van der Waals surface area contributed by atoms with Crippen molar-refractivity contribution < 1.29 is 0 Å². The summed E-state index contributed by atoms with van der Waals surface area (Å²) in [6.45, 7) is 11.7. The zero-order valence-corrected chi connectivity index (χ0v) is 10.6. The van der Waals surface area contributed by atoms with Gasteiger partial charge in [0.25, 0.3) is 0 Å². The monoisotopic (exact) mass is 197 g/mol. The van der Waals surface area contributed by atoms with E-state index in [4.69, 9.17) is 0 Å². The molecule has 0 amide bonds. The molecule has 0 saturated heterocycles. The Balaban J connectivity index is 2.29. The summed E-state index contributed by atoms with van der Waals surface area (Å²) in [5.41, 5.74) is 0.596. The molecule has 0 aliphatic heterocycles. The lowest BCUT2D eigenvalue weighted by Crippen LogP contribution is -2.42. The molecule has 1 atom stereocenters. The topological polar surface area (TPSA) is 12.0 Å². The van der Waals surface area contributed by atoms with Crippen molar-refractivity contribution >= 4 is 0 Å². The SMILES string of the molecule is CC(C)[C@H](C)NC1CCC(C)(C)CC1. The summed E-state index contributed by atoms with van der Waals surface area (Å²) in [6, 6.07) is 1.45. The van der Waals surface area contributed by atoms with Gasteiger partial charge in [0.05, 0.1) is 0 Å². The minimum atomic E-state index is 0.596. The summed E-state index contributed by atoms with van der Waals surface area (Å²) < 4.78 is 0. The van der Waals surface area contributed by atoms with Gasteiger partial charge >= 0.3 is 0 Å². The standard InChI is InChI=1S/C13H27N/c1-10(2)11(3)14-12-6-8-13(4,5)9-7-12/h10-12,14H,6-9H2,1-5H3/t11-/m0/s1. The third kappa shape index (κ3) is 3.61. The molecule has 84 valence electrons. The van der Waals surface area contributed by atoms with E-state index >= 15 is 0 Å². The maximum atomic E-state index is 3.76. The van der Waals surface area contributed by atoms with Crippen molar-refractivity contribution in [2.45, 2.75) is 72.4 Å². The van der Waals surface area contributed by atoms with E-state index in [9.17, 15) is 0 Å². The summed E-state index contributed by atoms with van der Waals surface area (Å²) in [5.74, 6) is 0.755. The molecule has 1 aliphatic carbocycles. The molecule has 0 bridgehead atoms. The van der Waals surface area contributed by atoms with Gasteiger partial charge in [-0.25, -0.2) is 0 Å². The molecule has 0 aromatic heterocycles. The van der Waals surface area contributed by atoms with Crippen LogP contribution in [0.3, 0.4) is 0 Å². The minimum absolute atomic E-state index is 0.596. The van der Waals surface area contributed by atoms with E-state index < -0.39 is 0 Å². The predicted octanol–water partition coefficient (Wildman–Crippen LogP) is 3.59. The van der Waals surface area contributed by atoms with Crippen LogP contribution in [0.5, 0.6) is 0 Å². The van der Waals surface area contributed by atoms with E-state index in [2.05, 4.69) is 39.9 Å². The van der Waals surface area contributed by atoms with E-state index in [0.29, 0.717) is 11.5 Å². The lowest BCUT2D eigenvalue weighted by Gasteiger charge is -2.36. The van der Waals surface area contributed by atoms with E-state index in [1.165, 1.54) is 25.7 Å². The van der Waals surface area contributed by atoms with E-state index in [1.54, 1.807) is 0 Å². The van der Waals surface area contributed by atoms with Crippen molar-refractivity contribution in [1.82, 2.24) is 5.32 Å². The van der Waals surface area contributed by atoms with Gasteiger partial charge in [0.2, 0.25) is 0 Å². The van der Waals surface area contributed by atoms with E-state index in [0.717, 1.165) is 12.0 Å². The summed E-state index contributed by atoms with van der Waals surface area (Å²) in [7, 11) is 0. The first-order valence-corrected chi connectivity index (χ1v) is 6.17. The van der Waals surface area contributed by atoms with Gasteiger partial charge in [0, 0.05) is 12.1 Å². The molecule has 1 aliphatic rings. The molecule has 1 fully saturated rings. The Hall–Kier alpha value is -0.0400.